The van der Waals surface area contributed by atoms with E-state index in [0.29, 0.717) is 12.2 Å². The zero-order valence-corrected chi connectivity index (χ0v) is 10.6. The maximum Gasteiger partial charge on any atom is 0.242 e. The molecule has 0 aliphatic heterocycles. The average molecular weight is 265 g/mol. The topological polar surface area (TPSA) is 59.8 Å². The van der Waals surface area contributed by atoms with Crippen molar-refractivity contribution in [3.05, 3.63) is 42.5 Å². The van der Waals surface area contributed by atoms with Gasteiger partial charge in [-0.1, -0.05) is 0 Å². The molecule has 18 heavy (non-hydrogen) atoms. The van der Waals surface area contributed by atoms with E-state index in [9.17, 15) is 4.79 Å². The number of carbonyl (C=O) groups is 1. The molecule has 0 spiro atoms. The summed E-state index contributed by atoms with van der Waals surface area (Å²) in [6.07, 6.45) is 5.21. The Labute approximate surface area is 110 Å². The smallest absolute Gasteiger partial charge is 0.242 e. The molecule has 1 amide bonds. The van der Waals surface area contributed by atoms with E-state index < -0.39 is 5.38 Å². The van der Waals surface area contributed by atoms with Crippen molar-refractivity contribution in [2.24, 2.45) is 0 Å². The maximum absolute atomic E-state index is 11.5. The lowest BCUT2D eigenvalue weighted by Crippen LogP contribution is -2.20. The lowest BCUT2D eigenvalue weighted by Gasteiger charge is -2.08. The number of hydrogen-bond donors (Lipinski definition) is 1. The van der Waals surface area contributed by atoms with Gasteiger partial charge in [0, 0.05) is 24.3 Å². The first-order valence-electron chi connectivity index (χ1n) is 5.52. The number of halogens is 1. The molecule has 2 aromatic rings. The van der Waals surface area contributed by atoms with Crippen molar-refractivity contribution in [2.75, 3.05) is 5.32 Å². The van der Waals surface area contributed by atoms with Gasteiger partial charge >= 0.3 is 0 Å². The van der Waals surface area contributed by atoms with Gasteiger partial charge in [-0.25, -0.2) is 0 Å². The SMILES string of the molecule is CC(Cl)C(=O)Nc1ccnc(Cn2cccn2)c1. The minimum absolute atomic E-state index is 0.229. The molecule has 0 saturated carbocycles. The molecule has 0 bridgehead atoms. The summed E-state index contributed by atoms with van der Waals surface area (Å²) in [4.78, 5) is 15.7. The highest BCUT2D eigenvalue weighted by Crippen LogP contribution is 2.10. The summed E-state index contributed by atoms with van der Waals surface area (Å²) in [7, 11) is 0. The molecule has 6 heteroatoms. The molecule has 0 fully saturated rings. The fourth-order valence-corrected chi connectivity index (χ4v) is 1.50. The van der Waals surface area contributed by atoms with Crippen LogP contribution in [0.3, 0.4) is 0 Å². The number of nitrogens with one attached hydrogen (secondary N) is 1. The molecule has 2 heterocycles. The Bertz CT molecular complexity index is 525. The number of carbonyl (C=O) groups excluding carboxylic acids is 1. The molecule has 0 aliphatic carbocycles. The highest BCUT2D eigenvalue weighted by molar-refractivity contribution is 6.32. The van der Waals surface area contributed by atoms with E-state index in [1.165, 1.54) is 0 Å². The predicted molar refractivity (Wildman–Crippen MR) is 69.5 cm³/mol. The van der Waals surface area contributed by atoms with Crippen LogP contribution in [0.4, 0.5) is 5.69 Å². The van der Waals surface area contributed by atoms with Crippen LogP contribution in [0.25, 0.3) is 0 Å². The van der Waals surface area contributed by atoms with Crippen LogP contribution in [0, 0.1) is 0 Å². The Balaban J connectivity index is 2.08. The molecule has 1 unspecified atom stereocenters. The number of pyridine rings is 1. The number of amides is 1. The minimum Gasteiger partial charge on any atom is -0.325 e. The first-order valence-corrected chi connectivity index (χ1v) is 5.96. The highest BCUT2D eigenvalue weighted by Gasteiger charge is 2.09. The molecule has 94 valence electrons. The second-order valence-corrected chi connectivity index (χ2v) is 4.50. The van der Waals surface area contributed by atoms with E-state index >= 15 is 0 Å². The molecule has 2 rings (SSSR count). The predicted octanol–water partition coefficient (Wildman–Crippen LogP) is 1.89. The third-order valence-electron chi connectivity index (χ3n) is 2.33. The van der Waals surface area contributed by atoms with Crippen molar-refractivity contribution >= 4 is 23.2 Å². The fraction of sp³-hybridized carbons (Fsp3) is 0.250. The molecule has 1 N–H and O–H groups in total. The van der Waals surface area contributed by atoms with Crippen molar-refractivity contribution in [1.29, 1.82) is 0 Å². The van der Waals surface area contributed by atoms with E-state index in [1.54, 1.807) is 36.1 Å². The van der Waals surface area contributed by atoms with Crippen LogP contribution in [0.15, 0.2) is 36.8 Å². The second kappa shape index (κ2) is 5.64. The van der Waals surface area contributed by atoms with Gasteiger partial charge in [0.1, 0.15) is 5.38 Å². The van der Waals surface area contributed by atoms with Crippen LogP contribution in [-0.4, -0.2) is 26.0 Å². The lowest BCUT2D eigenvalue weighted by molar-refractivity contribution is -0.115. The van der Waals surface area contributed by atoms with Gasteiger partial charge in [-0.15, -0.1) is 11.6 Å². The quantitative estimate of drug-likeness (QED) is 0.858. The van der Waals surface area contributed by atoms with Crippen LogP contribution >= 0.6 is 11.6 Å². The van der Waals surface area contributed by atoms with Gasteiger partial charge in [0.05, 0.1) is 12.2 Å². The summed E-state index contributed by atoms with van der Waals surface area (Å²) < 4.78 is 1.76. The summed E-state index contributed by atoms with van der Waals surface area (Å²) in [5.41, 5.74) is 1.50. The standard InChI is InChI=1S/C12H13ClN4O/c1-9(13)12(18)16-10-3-5-14-11(7-10)8-17-6-2-4-15-17/h2-7,9H,8H2,1H3,(H,14,16,18). The van der Waals surface area contributed by atoms with E-state index in [1.807, 2.05) is 12.3 Å². The largest absolute Gasteiger partial charge is 0.325 e. The van der Waals surface area contributed by atoms with E-state index in [0.717, 1.165) is 5.69 Å². The van der Waals surface area contributed by atoms with Crippen LogP contribution in [0.2, 0.25) is 0 Å². The summed E-state index contributed by atoms with van der Waals surface area (Å²) in [5.74, 6) is -0.229. The highest BCUT2D eigenvalue weighted by atomic mass is 35.5. The van der Waals surface area contributed by atoms with Crippen molar-refractivity contribution in [3.8, 4) is 0 Å². The Hall–Kier alpha value is -1.88. The number of anilines is 1. The molecule has 2 aromatic heterocycles. The molecule has 0 saturated heterocycles. The number of aromatic nitrogens is 3. The third kappa shape index (κ3) is 3.30. The number of hydrogen-bond acceptors (Lipinski definition) is 3. The van der Waals surface area contributed by atoms with Crippen molar-refractivity contribution in [3.63, 3.8) is 0 Å². The zero-order valence-electron chi connectivity index (χ0n) is 9.88. The monoisotopic (exact) mass is 264 g/mol. The number of rotatable bonds is 4. The van der Waals surface area contributed by atoms with Crippen molar-refractivity contribution in [1.82, 2.24) is 14.8 Å². The Morgan fingerprint density at radius 3 is 3.06 bits per heavy atom. The first kappa shape index (κ1) is 12.6. The first-order chi connectivity index (χ1) is 8.65. The second-order valence-electron chi connectivity index (χ2n) is 3.84. The summed E-state index contributed by atoms with van der Waals surface area (Å²) in [6, 6.07) is 5.38. The number of nitrogens with zero attached hydrogens (tertiary/aromatic N) is 3. The minimum atomic E-state index is -0.562. The normalized spacial score (nSPS) is 12.1. The summed E-state index contributed by atoms with van der Waals surface area (Å²) >= 11 is 5.69. The van der Waals surface area contributed by atoms with Crippen molar-refractivity contribution in [2.45, 2.75) is 18.8 Å². The molecule has 0 radical (unpaired) electrons. The Morgan fingerprint density at radius 1 is 1.56 bits per heavy atom. The van der Waals surface area contributed by atoms with Crippen LogP contribution in [0.1, 0.15) is 12.6 Å². The Kier molecular flexibility index (Phi) is 3.94. The molecule has 1 atom stereocenters. The van der Waals surface area contributed by atoms with Crippen LogP contribution in [0.5, 0.6) is 0 Å². The summed E-state index contributed by atoms with van der Waals surface area (Å²) in [5, 5.41) is 6.26. The maximum atomic E-state index is 11.5. The van der Waals surface area contributed by atoms with E-state index in [2.05, 4.69) is 15.4 Å². The molecule has 0 aliphatic rings. The van der Waals surface area contributed by atoms with E-state index in [-0.39, 0.29) is 5.91 Å². The van der Waals surface area contributed by atoms with Gasteiger partial charge in [-0.2, -0.15) is 5.10 Å². The zero-order chi connectivity index (χ0) is 13.0. The van der Waals surface area contributed by atoms with Crippen LogP contribution in [-0.2, 0) is 11.3 Å². The molecular formula is C12H13ClN4O. The van der Waals surface area contributed by atoms with Crippen LogP contribution < -0.4 is 5.32 Å². The van der Waals surface area contributed by atoms with E-state index in [4.69, 9.17) is 11.6 Å². The Morgan fingerprint density at radius 2 is 2.39 bits per heavy atom. The average Bonchev–Trinajstić information content (AvgIpc) is 2.82. The summed E-state index contributed by atoms with van der Waals surface area (Å²) in [6.45, 7) is 2.19. The van der Waals surface area contributed by atoms with Gasteiger partial charge < -0.3 is 5.32 Å². The third-order valence-corrected chi connectivity index (χ3v) is 2.53. The lowest BCUT2D eigenvalue weighted by atomic mass is 10.3. The molecular weight excluding hydrogens is 252 g/mol. The van der Waals surface area contributed by atoms with Gasteiger partial charge in [-0.3, -0.25) is 14.5 Å². The van der Waals surface area contributed by atoms with Gasteiger partial charge in [0.15, 0.2) is 0 Å². The fourth-order valence-electron chi connectivity index (χ4n) is 1.44. The van der Waals surface area contributed by atoms with Gasteiger partial charge in [0.2, 0.25) is 5.91 Å². The van der Waals surface area contributed by atoms with Gasteiger partial charge in [-0.05, 0) is 25.1 Å². The van der Waals surface area contributed by atoms with Gasteiger partial charge in [0.25, 0.3) is 0 Å². The molecule has 5 nitrogen and oxygen atoms in total. The molecule has 0 aromatic carbocycles. The number of alkyl halides is 1. The van der Waals surface area contributed by atoms with Crippen molar-refractivity contribution < 1.29 is 4.79 Å².